The highest BCUT2D eigenvalue weighted by Gasteiger charge is 2.41. The first-order valence-electron chi connectivity index (χ1n) is 6.77. The number of rotatable bonds is 2. The number of alkyl halides is 3. The maximum atomic E-state index is 12.5. The molecule has 0 aliphatic heterocycles. The first kappa shape index (κ1) is 16.5. The minimum Gasteiger partial charge on any atom is -0.436 e. The Morgan fingerprint density at radius 1 is 1.21 bits per heavy atom. The number of amides is 1. The molecule has 0 spiro atoms. The molecule has 0 radical (unpaired) electrons. The van der Waals surface area contributed by atoms with Gasteiger partial charge in [-0.25, -0.2) is 4.98 Å². The quantitative estimate of drug-likeness (QED) is 0.623. The lowest BCUT2D eigenvalue weighted by Crippen LogP contribution is -2.38. The molecule has 0 unspecified atom stereocenters. The lowest BCUT2D eigenvalue weighted by atomic mass is 10.2. The van der Waals surface area contributed by atoms with Gasteiger partial charge in [-0.3, -0.25) is 4.79 Å². The molecule has 124 valence electrons. The Bertz CT molecular complexity index is 921. The van der Waals surface area contributed by atoms with Gasteiger partial charge in [0.2, 0.25) is 5.89 Å². The summed E-state index contributed by atoms with van der Waals surface area (Å²) >= 11 is 3.35. The fourth-order valence-corrected chi connectivity index (χ4v) is 2.57. The van der Waals surface area contributed by atoms with E-state index in [0.717, 1.165) is 17.1 Å². The van der Waals surface area contributed by atoms with Gasteiger partial charge in [0.15, 0.2) is 5.58 Å². The SMILES string of the molecule is CN(C(=O)C(F)(F)F)c1ccc2nc(-c3cccc(Br)c3)oc2c1. The Morgan fingerprint density at radius 3 is 2.62 bits per heavy atom. The second-order valence-electron chi connectivity index (χ2n) is 5.04. The van der Waals surface area contributed by atoms with E-state index in [2.05, 4.69) is 20.9 Å². The second-order valence-corrected chi connectivity index (χ2v) is 5.96. The number of carbonyl (C=O) groups is 1. The summed E-state index contributed by atoms with van der Waals surface area (Å²) in [6.07, 6.45) is -4.94. The van der Waals surface area contributed by atoms with Crippen LogP contribution in [0.4, 0.5) is 18.9 Å². The maximum Gasteiger partial charge on any atom is 0.471 e. The van der Waals surface area contributed by atoms with Crippen molar-refractivity contribution in [1.82, 2.24) is 4.98 Å². The highest BCUT2D eigenvalue weighted by Crippen LogP contribution is 2.30. The number of halogens is 4. The van der Waals surface area contributed by atoms with Crippen molar-refractivity contribution < 1.29 is 22.4 Å². The number of fused-ring (bicyclic) bond motifs is 1. The fraction of sp³-hybridized carbons (Fsp3) is 0.125. The van der Waals surface area contributed by atoms with E-state index in [-0.39, 0.29) is 5.69 Å². The van der Waals surface area contributed by atoms with Gasteiger partial charge in [0.05, 0.1) is 0 Å². The summed E-state index contributed by atoms with van der Waals surface area (Å²) in [5, 5.41) is 0. The Hall–Kier alpha value is -2.35. The summed E-state index contributed by atoms with van der Waals surface area (Å²) in [5.41, 5.74) is 1.58. The molecule has 2 aromatic carbocycles. The van der Waals surface area contributed by atoms with E-state index >= 15 is 0 Å². The van der Waals surface area contributed by atoms with Crippen molar-refractivity contribution in [3.8, 4) is 11.5 Å². The van der Waals surface area contributed by atoms with Gasteiger partial charge in [0.1, 0.15) is 5.52 Å². The smallest absolute Gasteiger partial charge is 0.436 e. The Balaban J connectivity index is 1.99. The standard InChI is InChI=1S/C16H10BrF3N2O2/c1-22(15(23)16(18,19)20)11-5-6-12-13(8-11)24-14(21-12)9-3-2-4-10(17)7-9/h2-8H,1H3. The molecule has 8 heteroatoms. The number of aromatic nitrogens is 1. The number of hydrogen-bond donors (Lipinski definition) is 0. The molecule has 24 heavy (non-hydrogen) atoms. The zero-order chi connectivity index (χ0) is 17.5. The molecule has 0 aliphatic rings. The summed E-state index contributed by atoms with van der Waals surface area (Å²) in [6, 6.07) is 11.5. The van der Waals surface area contributed by atoms with Crippen LogP contribution < -0.4 is 4.90 Å². The molecule has 3 aromatic rings. The van der Waals surface area contributed by atoms with Crippen molar-refractivity contribution in [1.29, 1.82) is 0 Å². The van der Waals surface area contributed by atoms with Crippen LogP contribution in [-0.2, 0) is 4.79 Å². The van der Waals surface area contributed by atoms with Gasteiger partial charge in [-0.05, 0) is 30.3 Å². The zero-order valence-corrected chi connectivity index (χ0v) is 13.9. The van der Waals surface area contributed by atoms with Crippen LogP contribution in [0, 0.1) is 0 Å². The molecule has 0 bridgehead atoms. The predicted octanol–water partition coefficient (Wildman–Crippen LogP) is 4.78. The molecule has 1 amide bonds. The number of anilines is 1. The Morgan fingerprint density at radius 2 is 1.96 bits per heavy atom. The number of carbonyl (C=O) groups excluding carboxylic acids is 1. The fourth-order valence-electron chi connectivity index (χ4n) is 2.17. The first-order chi connectivity index (χ1) is 11.3. The van der Waals surface area contributed by atoms with E-state index in [1.54, 1.807) is 6.07 Å². The van der Waals surface area contributed by atoms with Crippen LogP contribution in [-0.4, -0.2) is 24.1 Å². The molecule has 0 saturated heterocycles. The highest BCUT2D eigenvalue weighted by molar-refractivity contribution is 9.10. The third kappa shape index (κ3) is 3.14. The average molecular weight is 399 g/mol. The van der Waals surface area contributed by atoms with Crippen LogP contribution in [0.15, 0.2) is 51.4 Å². The van der Waals surface area contributed by atoms with E-state index in [1.165, 1.54) is 18.2 Å². The van der Waals surface area contributed by atoms with Crippen molar-refractivity contribution in [2.45, 2.75) is 6.18 Å². The van der Waals surface area contributed by atoms with E-state index < -0.39 is 12.1 Å². The number of nitrogens with zero attached hydrogens (tertiary/aromatic N) is 2. The van der Waals surface area contributed by atoms with Gasteiger partial charge < -0.3 is 9.32 Å². The van der Waals surface area contributed by atoms with Crippen LogP contribution >= 0.6 is 15.9 Å². The molecule has 1 aromatic heterocycles. The van der Waals surface area contributed by atoms with Gasteiger partial charge in [-0.2, -0.15) is 13.2 Å². The Kier molecular flexibility index (Phi) is 4.08. The molecule has 4 nitrogen and oxygen atoms in total. The second kappa shape index (κ2) is 5.94. The molecule has 1 heterocycles. The summed E-state index contributed by atoms with van der Waals surface area (Å²) in [5.74, 6) is -1.61. The average Bonchev–Trinajstić information content (AvgIpc) is 2.95. The lowest BCUT2D eigenvalue weighted by molar-refractivity contribution is -0.170. The molecule has 0 aliphatic carbocycles. The number of benzene rings is 2. The normalized spacial score (nSPS) is 11.7. The summed E-state index contributed by atoms with van der Waals surface area (Å²) in [4.78, 5) is 16.1. The van der Waals surface area contributed by atoms with E-state index in [9.17, 15) is 18.0 Å². The molecule has 0 N–H and O–H groups in total. The molecule has 3 rings (SSSR count). The van der Waals surface area contributed by atoms with Gasteiger partial charge >= 0.3 is 12.1 Å². The minimum atomic E-state index is -4.94. The van der Waals surface area contributed by atoms with Gasteiger partial charge in [-0.1, -0.05) is 22.0 Å². The summed E-state index contributed by atoms with van der Waals surface area (Å²) in [6.45, 7) is 0. The van der Waals surface area contributed by atoms with Gasteiger partial charge in [-0.15, -0.1) is 0 Å². The van der Waals surface area contributed by atoms with Gasteiger partial charge in [0.25, 0.3) is 0 Å². The van der Waals surface area contributed by atoms with Crippen LogP contribution in [0.25, 0.3) is 22.6 Å². The van der Waals surface area contributed by atoms with Crippen LogP contribution in [0.2, 0.25) is 0 Å². The maximum absolute atomic E-state index is 12.5. The zero-order valence-electron chi connectivity index (χ0n) is 12.3. The van der Waals surface area contributed by atoms with Crippen molar-refractivity contribution in [2.75, 3.05) is 11.9 Å². The topological polar surface area (TPSA) is 46.3 Å². The minimum absolute atomic E-state index is 0.0711. The lowest BCUT2D eigenvalue weighted by Gasteiger charge is -2.18. The van der Waals surface area contributed by atoms with E-state index in [0.29, 0.717) is 21.9 Å². The summed E-state index contributed by atoms with van der Waals surface area (Å²) < 4.78 is 44.1. The monoisotopic (exact) mass is 398 g/mol. The molecular weight excluding hydrogens is 389 g/mol. The Labute approximate surface area is 143 Å². The largest absolute Gasteiger partial charge is 0.471 e. The predicted molar refractivity (Wildman–Crippen MR) is 86.6 cm³/mol. The third-order valence-electron chi connectivity index (χ3n) is 3.38. The highest BCUT2D eigenvalue weighted by atomic mass is 79.9. The van der Waals surface area contributed by atoms with Crippen LogP contribution in [0.1, 0.15) is 0 Å². The molecular formula is C16H10BrF3N2O2. The van der Waals surface area contributed by atoms with E-state index in [1.807, 2.05) is 18.2 Å². The molecule has 0 atom stereocenters. The molecule has 0 saturated carbocycles. The first-order valence-corrected chi connectivity index (χ1v) is 7.56. The van der Waals surface area contributed by atoms with Gasteiger partial charge in [0, 0.05) is 28.8 Å². The van der Waals surface area contributed by atoms with Crippen molar-refractivity contribution >= 4 is 38.6 Å². The van der Waals surface area contributed by atoms with Crippen molar-refractivity contribution in [3.63, 3.8) is 0 Å². The molecule has 0 fully saturated rings. The van der Waals surface area contributed by atoms with Crippen molar-refractivity contribution in [2.24, 2.45) is 0 Å². The summed E-state index contributed by atoms with van der Waals surface area (Å²) in [7, 11) is 1.06. The number of hydrogen-bond acceptors (Lipinski definition) is 3. The van der Waals surface area contributed by atoms with E-state index in [4.69, 9.17) is 4.42 Å². The van der Waals surface area contributed by atoms with Crippen LogP contribution in [0.5, 0.6) is 0 Å². The van der Waals surface area contributed by atoms with Crippen LogP contribution in [0.3, 0.4) is 0 Å². The third-order valence-corrected chi connectivity index (χ3v) is 3.87. The number of oxazole rings is 1. The van der Waals surface area contributed by atoms with Crippen molar-refractivity contribution in [3.05, 3.63) is 46.9 Å².